The van der Waals surface area contributed by atoms with Gasteiger partial charge in [0.15, 0.2) is 0 Å². The molecule has 1 heterocycles. The maximum absolute atomic E-state index is 13.1. The van der Waals surface area contributed by atoms with Crippen molar-refractivity contribution in [1.82, 2.24) is 4.57 Å². The van der Waals surface area contributed by atoms with E-state index in [9.17, 15) is 31.1 Å². The molecule has 0 N–H and O–H groups in total. The third-order valence-electron chi connectivity index (χ3n) is 4.38. The fraction of sp³-hybridized carbons (Fsp3) is 0.143. The molecule has 9 heteroatoms. The second kappa shape index (κ2) is 7.71. The lowest BCUT2D eigenvalue weighted by atomic mass is 10.0. The van der Waals surface area contributed by atoms with Gasteiger partial charge in [0.25, 0.3) is 5.56 Å². The second-order valence-electron chi connectivity index (χ2n) is 6.41. The Morgan fingerprint density at radius 1 is 0.833 bits per heavy atom. The molecule has 0 bridgehead atoms. The van der Waals surface area contributed by atoms with E-state index in [2.05, 4.69) is 0 Å². The molecule has 154 valence electrons. The third kappa shape index (κ3) is 4.38. The Kier molecular flexibility index (Phi) is 5.44. The van der Waals surface area contributed by atoms with Crippen LogP contribution in [0.5, 0.6) is 0 Å². The summed E-state index contributed by atoms with van der Waals surface area (Å²) in [6.45, 7) is -0.357. The number of halogens is 6. The average molecular weight is 422 g/mol. The van der Waals surface area contributed by atoms with Crippen LogP contribution in [-0.2, 0) is 18.9 Å². The highest BCUT2D eigenvalue weighted by Crippen LogP contribution is 2.33. The lowest BCUT2D eigenvalue weighted by Gasteiger charge is -2.16. The fourth-order valence-corrected chi connectivity index (χ4v) is 2.96. The Balaban J connectivity index is 2.16. The van der Waals surface area contributed by atoms with E-state index in [4.69, 9.17) is 5.26 Å². The molecule has 0 amide bonds. The fourth-order valence-electron chi connectivity index (χ4n) is 2.96. The monoisotopic (exact) mass is 422 g/mol. The van der Waals surface area contributed by atoms with Gasteiger partial charge in [-0.15, -0.1) is 0 Å². The van der Waals surface area contributed by atoms with E-state index < -0.39 is 29.0 Å². The van der Waals surface area contributed by atoms with Gasteiger partial charge in [-0.3, -0.25) is 4.79 Å². The van der Waals surface area contributed by atoms with Crippen LogP contribution in [-0.4, -0.2) is 4.57 Å². The van der Waals surface area contributed by atoms with Crippen molar-refractivity contribution in [3.05, 3.63) is 93.3 Å². The van der Waals surface area contributed by atoms with Crippen LogP contribution < -0.4 is 5.56 Å². The van der Waals surface area contributed by atoms with Gasteiger partial charge < -0.3 is 4.57 Å². The molecule has 30 heavy (non-hydrogen) atoms. The van der Waals surface area contributed by atoms with Crippen molar-refractivity contribution < 1.29 is 26.3 Å². The SMILES string of the molecule is N#Cc1ccc(-c2cccc(C(F)(F)F)c2)n(Cc2cccc(C(F)(F)F)c2)c1=O. The maximum atomic E-state index is 13.1. The summed E-state index contributed by atoms with van der Waals surface area (Å²) in [4.78, 5) is 12.7. The Bertz CT molecular complexity index is 1190. The highest BCUT2D eigenvalue weighted by molar-refractivity contribution is 5.62. The Morgan fingerprint density at radius 2 is 1.43 bits per heavy atom. The summed E-state index contributed by atoms with van der Waals surface area (Å²) < 4.78 is 79.2. The third-order valence-corrected chi connectivity index (χ3v) is 4.38. The summed E-state index contributed by atoms with van der Waals surface area (Å²) >= 11 is 0. The smallest absolute Gasteiger partial charge is 0.303 e. The lowest BCUT2D eigenvalue weighted by Crippen LogP contribution is -2.25. The van der Waals surface area contributed by atoms with Crippen molar-refractivity contribution in [3.63, 3.8) is 0 Å². The molecule has 0 saturated carbocycles. The van der Waals surface area contributed by atoms with Gasteiger partial charge in [0.05, 0.1) is 23.4 Å². The largest absolute Gasteiger partial charge is 0.416 e. The highest BCUT2D eigenvalue weighted by Gasteiger charge is 2.31. The first kappa shape index (κ1) is 21.2. The van der Waals surface area contributed by atoms with Crippen LogP contribution in [0.4, 0.5) is 26.3 Å². The van der Waals surface area contributed by atoms with Crippen molar-refractivity contribution in [2.75, 3.05) is 0 Å². The molecule has 3 nitrogen and oxygen atoms in total. The van der Waals surface area contributed by atoms with Crippen LogP contribution in [0, 0.1) is 11.3 Å². The van der Waals surface area contributed by atoms with Crippen LogP contribution in [0.1, 0.15) is 22.3 Å². The number of alkyl halides is 6. The molecule has 3 aromatic rings. The standard InChI is InChI=1S/C21H12F6N2O/c22-20(23,24)16-5-1-3-13(9-16)12-29-18(8-7-15(11-28)19(29)30)14-4-2-6-17(10-14)21(25,26)27/h1-10H,12H2. The molecule has 0 aliphatic heterocycles. The second-order valence-corrected chi connectivity index (χ2v) is 6.41. The summed E-state index contributed by atoms with van der Waals surface area (Å²) in [5.74, 6) is 0. The molecule has 0 saturated heterocycles. The molecule has 0 fully saturated rings. The van der Waals surface area contributed by atoms with Crippen LogP contribution in [0.3, 0.4) is 0 Å². The minimum Gasteiger partial charge on any atom is -0.303 e. The van der Waals surface area contributed by atoms with Gasteiger partial charge in [-0.1, -0.05) is 24.3 Å². The molecule has 0 spiro atoms. The van der Waals surface area contributed by atoms with Crippen LogP contribution in [0.15, 0.2) is 65.5 Å². The quantitative estimate of drug-likeness (QED) is 0.526. The molecule has 0 atom stereocenters. The summed E-state index contributed by atoms with van der Waals surface area (Å²) in [7, 11) is 0. The minimum atomic E-state index is -4.62. The van der Waals surface area contributed by atoms with Crippen LogP contribution in [0.2, 0.25) is 0 Å². The first-order chi connectivity index (χ1) is 14.0. The van der Waals surface area contributed by atoms with Crippen LogP contribution in [0.25, 0.3) is 11.3 Å². The van der Waals surface area contributed by atoms with Gasteiger partial charge in [0, 0.05) is 0 Å². The maximum Gasteiger partial charge on any atom is 0.416 e. The summed E-state index contributed by atoms with van der Waals surface area (Å²) in [6, 6.07) is 12.6. The van der Waals surface area contributed by atoms with Crippen molar-refractivity contribution in [3.8, 4) is 17.3 Å². The van der Waals surface area contributed by atoms with Gasteiger partial charge in [-0.05, 0) is 47.5 Å². The zero-order chi connectivity index (χ0) is 22.1. The molecular weight excluding hydrogens is 410 g/mol. The highest BCUT2D eigenvalue weighted by atomic mass is 19.4. The number of aromatic nitrogens is 1. The molecule has 0 aliphatic carbocycles. The van der Waals surface area contributed by atoms with Crippen molar-refractivity contribution in [2.24, 2.45) is 0 Å². The molecular formula is C21H12F6N2O. The lowest BCUT2D eigenvalue weighted by molar-refractivity contribution is -0.138. The van der Waals surface area contributed by atoms with Gasteiger partial charge in [0.1, 0.15) is 11.6 Å². The van der Waals surface area contributed by atoms with Crippen molar-refractivity contribution >= 4 is 0 Å². The van der Waals surface area contributed by atoms with Crippen molar-refractivity contribution in [1.29, 1.82) is 5.26 Å². The van der Waals surface area contributed by atoms with E-state index in [1.54, 1.807) is 6.07 Å². The molecule has 0 unspecified atom stereocenters. The summed E-state index contributed by atoms with van der Waals surface area (Å²) in [5, 5.41) is 9.11. The van der Waals surface area contributed by atoms with Crippen molar-refractivity contribution in [2.45, 2.75) is 18.9 Å². The zero-order valence-electron chi connectivity index (χ0n) is 15.1. The molecule has 1 aromatic heterocycles. The van der Waals surface area contributed by atoms with E-state index in [0.717, 1.165) is 34.9 Å². The Morgan fingerprint density at radius 3 is 2.03 bits per heavy atom. The van der Waals surface area contributed by atoms with E-state index in [-0.39, 0.29) is 28.9 Å². The zero-order valence-corrected chi connectivity index (χ0v) is 15.1. The minimum absolute atomic E-state index is 0.0402. The number of nitrogens with zero attached hydrogens (tertiary/aromatic N) is 2. The van der Waals surface area contributed by atoms with E-state index in [1.807, 2.05) is 0 Å². The van der Waals surface area contributed by atoms with Gasteiger partial charge in [-0.25, -0.2) is 0 Å². The summed E-state index contributed by atoms with van der Waals surface area (Å²) in [6.07, 6.45) is -9.21. The average Bonchev–Trinajstić information content (AvgIpc) is 2.68. The molecule has 2 aromatic carbocycles. The number of hydrogen-bond acceptors (Lipinski definition) is 2. The number of hydrogen-bond donors (Lipinski definition) is 0. The number of pyridine rings is 1. The van der Waals surface area contributed by atoms with E-state index >= 15 is 0 Å². The topological polar surface area (TPSA) is 45.8 Å². The Hall–Kier alpha value is -3.54. The van der Waals surface area contributed by atoms with E-state index in [0.29, 0.717) is 0 Å². The molecule has 0 radical (unpaired) electrons. The predicted molar refractivity (Wildman–Crippen MR) is 96.4 cm³/mol. The first-order valence-electron chi connectivity index (χ1n) is 8.48. The summed E-state index contributed by atoms with van der Waals surface area (Å²) in [5.41, 5.74) is -2.77. The number of nitriles is 1. The van der Waals surface area contributed by atoms with E-state index in [1.165, 1.54) is 30.3 Å². The predicted octanol–water partition coefficient (Wildman–Crippen LogP) is 5.47. The number of rotatable bonds is 3. The van der Waals surface area contributed by atoms with Gasteiger partial charge in [-0.2, -0.15) is 31.6 Å². The molecule has 0 aliphatic rings. The van der Waals surface area contributed by atoms with Gasteiger partial charge in [0.2, 0.25) is 0 Å². The first-order valence-corrected chi connectivity index (χ1v) is 8.48. The molecule has 3 rings (SSSR count). The van der Waals surface area contributed by atoms with Crippen LogP contribution >= 0.6 is 0 Å². The normalized spacial score (nSPS) is 11.9. The van der Waals surface area contributed by atoms with Gasteiger partial charge >= 0.3 is 12.4 Å². The number of benzene rings is 2. The Labute approximate surface area is 166 Å².